The summed E-state index contributed by atoms with van der Waals surface area (Å²) in [4.78, 5) is 0. The van der Waals surface area contributed by atoms with Gasteiger partial charge in [0.25, 0.3) is 0 Å². The van der Waals surface area contributed by atoms with Crippen molar-refractivity contribution in [2.75, 3.05) is 6.54 Å². The Kier molecular flexibility index (Phi) is 8.11. The van der Waals surface area contributed by atoms with Gasteiger partial charge in [0.1, 0.15) is 0 Å². The molecular formula is C16H27ClN2. The van der Waals surface area contributed by atoms with E-state index in [1.54, 1.807) is 0 Å². The second-order valence-corrected chi connectivity index (χ2v) is 5.44. The second kappa shape index (κ2) is 9.35. The Morgan fingerprint density at radius 3 is 2.42 bits per heavy atom. The number of benzene rings is 1. The Balaban J connectivity index is 0.00000180. The topological polar surface area (TPSA) is 38.0 Å². The number of nitrogens with one attached hydrogen (secondary N) is 1. The zero-order chi connectivity index (χ0) is 12.6. The number of nitrogens with two attached hydrogens (primary N) is 1. The van der Waals surface area contributed by atoms with E-state index in [0.717, 1.165) is 19.0 Å². The van der Waals surface area contributed by atoms with Gasteiger partial charge < -0.3 is 11.1 Å². The van der Waals surface area contributed by atoms with Crippen LogP contribution in [0.15, 0.2) is 24.3 Å². The summed E-state index contributed by atoms with van der Waals surface area (Å²) in [6, 6.07) is 8.46. The van der Waals surface area contributed by atoms with E-state index < -0.39 is 0 Å². The first-order valence-corrected chi connectivity index (χ1v) is 7.37. The van der Waals surface area contributed by atoms with Crippen molar-refractivity contribution in [2.45, 2.75) is 51.6 Å². The first-order chi connectivity index (χ1) is 8.90. The Morgan fingerprint density at radius 1 is 1.05 bits per heavy atom. The van der Waals surface area contributed by atoms with Crippen LogP contribution in [0.3, 0.4) is 0 Å². The van der Waals surface area contributed by atoms with E-state index in [4.69, 9.17) is 5.73 Å². The predicted octanol–water partition coefficient (Wildman–Crippen LogP) is 3.63. The molecule has 1 aromatic carbocycles. The zero-order valence-electron chi connectivity index (χ0n) is 11.7. The quantitative estimate of drug-likeness (QED) is 0.782. The summed E-state index contributed by atoms with van der Waals surface area (Å²) in [7, 11) is 0. The summed E-state index contributed by atoms with van der Waals surface area (Å²) in [5.41, 5.74) is 8.36. The summed E-state index contributed by atoms with van der Waals surface area (Å²) in [6.45, 7) is 2.74. The molecule has 1 aromatic rings. The fraction of sp³-hybridized carbons (Fsp3) is 0.625. The monoisotopic (exact) mass is 282 g/mol. The van der Waals surface area contributed by atoms with Gasteiger partial charge in [-0.2, -0.15) is 0 Å². The van der Waals surface area contributed by atoms with Gasteiger partial charge in [0.05, 0.1) is 0 Å². The molecule has 1 fully saturated rings. The van der Waals surface area contributed by atoms with Crippen molar-refractivity contribution in [1.82, 2.24) is 5.32 Å². The molecule has 19 heavy (non-hydrogen) atoms. The van der Waals surface area contributed by atoms with Crippen LogP contribution < -0.4 is 11.1 Å². The molecule has 0 amide bonds. The van der Waals surface area contributed by atoms with Gasteiger partial charge in [0, 0.05) is 13.1 Å². The summed E-state index contributed by atoms with van der Waals surface area (Å²) in [5.74, 6) is 0.969. The second-order valence-electron chi connectivity index (χ2n) is 5.44. The predicted molar refractivity (Wildman–Crippen MR) is 84.5 cm³/mol. The van der Waals surface area contributed by atoms with E-state index in [-0.39, 0.29) is 12.4 Å². The van der Waals surface area contributed by atoms with Crippen LogP contribution in [0.1, 0.15) is 49.7 Å². The molecular weight excluding hydrogens is 256 g/mol. The van der Waals surface area contributed by atoms with Crippen LogP contribution >= 0.6 is 12.4 Å². The van der Waals surface area contributed by atoms with E-state index in [9.17, 15) is 0 Å². The molecule has 3 heteroatoms. The standard InChI is InChI=1S/C16H26N2.ClH/c17-12-15-8-4-5-9-16(15)13-18-11-10-14-6-2-1-3-7-14;/h4-5,8-9,14,18H,1-3,6-7,10-13,17H2;1H. The molecule has 3 N–H and O–H groups in total. The molecule has 0 aromatic heterocycles. The van der Waals surface area contributed by atoms with Gasteiger partial charge in [0.2, 0.25) is 0 Å². The van der Waals surface area contributed by atoms with Crippen molar-refractivity contribution in [2.24, 2.45) is 11.7 Å². The van der Waals surface area contributed by atoms with Crippen LogP contribution in [-0.4, -0.2) is 6.54 Å². The van der Waals surface area contributed by atoms with Gasteiger partial charge in [-0.15, -0.1) is 12.4 Å². The lowest BCUT2D eigenvalue weighted by molar-refractivity contribution is 0.334. The molecule has 0 saturated heterocycles. The molecule has 0 aliphatic heterocycles. The molecule has 0 atom stereocenters. The van der Waals surface area contributed by atoms with Crippen molar-refractivity contribution in [1.29, 1.82) is 0 Å². The minimum atomic E-state index is 0. The normalized spacial score (nSPS) is 16.1. The molecule has 1 aliphatic carbocycles. The summed E-state index contributed by atoms with van der Waals surface area (Å²) in [6.07, 6.45) is 8.57. The molecule has 0 radical (unpaired) electrons. The Labute approximate surface area is 123 Å². The zero-order valence-corrected chi connectivity index (χ0v) is 12.6. The highest BCUT2D eigenvalue weighted by atomic mass is 35.5. The summed E-state index contributed by atoms with van der Waals surface area (Å²) in [5, 5.41) is 3.57. The van der Waals surface area contributed by atoms with Gasteiger partial charge in [0.15, 0.2) is 0 Å². The van der Waals surface area contributed by atoms with Crippen molar-refractivity contribution < 1.29 is 0 Å². The fourth-order valence-electron chi connectivity index (χ4n) is 2.93. The van der Waals surface area contributed by atoms with E-state index in [0.29, 0.717) is 6.54 Å². The number of rotatable bonds is 6. The molecule has 0 bridgehead atoms. The maximum atomic E-state index is 5.74. The van der Waals surface area contributed by atoms with Crippen molar-refractivity contribution in [3.8, 4) is 0 Å². The fourth-order valence-corrected chi connectivity index (χ4v) is 2.93. The lowest BCUT2D eigenvalue weighted by Crippen LogP contribution is -2.20. The maximum absolute atomic E-state index is 5.74. The average molecular weight is 283 g/mol. The SMILES string of the molecule is Cl.NCc1ccccc1CNCCC1CCCCC1. The van der Waals surface area contributed by atoms with Crippen LogP contribution in [-0.2, 0) is 13.1 Å². The Bertz CT molecular complexity index is 348. The molecule has 1 saturated carbocycles. The summed E-state index contributed by atoms with van der Waals surface area (Å²) < 4.78 is 0. The first kappa shape index (κ1) is 16.5. The average Bonchev–Trinajstić information content (AvgIpc) is 2.45. The minimum Gasteiger partial charge on any atom is -0.326 e. The molecule has 0 heterocycles. The van der Waals surface area contributed by atoms with Crippen LogP contribution in [0.5, 0.6) is 0 Å². The minimum absolute atomic E-state index is 0. The highest BCUT2D eigenvalue weighted by Crippen LogP contribution is 2.25. The summed E-state index contributed by atoms with van der Waals surface area (Å²) >= 11 is 0. The van der Waals surface area contributed by atoms with Crippen LogP contribution in [0.2, 0.25) is 0 Å². The van der Waals surface area contributed by atoms with E-state index in [2.05, 4.69) is 29.6 Å². The van der Waals surface area contributed by atoms with Gasteiger partial charge in [-0.3, -0.25) is 0 Å². The Morgan fingerprint density at radius 2 is 1.74 bits per heavy atom. The molecule has 1 aliphatic rings. The number of hydrogen-bond donors (Lipinski definition) is 2. The lowest BCUT2D eigenvalue weighted by Gasteiger charge is -2.21. The molecule has 108 valence electrons. The van der Waals surface area contributed by atoms with E-state index in [1.165, 1.54) is 49.7 Å². The maximum Gasteiger partial charge on any atom is 0.0208 e. The van der Waals surface area contributed by atoms with Gasteiger partial charge in [-0.1, -0.05) is 56.4 Å². The van der Waals surface area contributed by atoms with Gasteiger partial charge in [-0.25, -0.2) is 0 Å². The third-order valence-electron chi connectivity index (χ3n) is 4.11. The largest absolute Gasteiger partial charge is 0.326 e. The first-order valence-electron chi connectivity index (χ1n) is 7.37. The Hall–Kier alpha value is -0.570. The van der Waals surface area contributed by atoms with Gasteiger partial charge >= 0.3 is 0 Å². The molecule has 0 spiro atoms. The van der Waals surface area contributed by atoms with Gasteiger partial charge in [-0.05, 0) is 30.0 Å². The van der Waals surface area contributed by atoms with Crippen molar-refractivity contribution in [3.63, 3.8) is 0 Å². The highest BCUT2D eigenvalue weighted by Gasteiger charge is 2.12. The van der Waals surface area contributed by atoms with Crippen LogP contribution in [0.25, 0.3) is 0 Å². The van der Waals surface area contributed by atoms with Crippen LogP contribution in [0, 0.1) is 5.92 Å². The third kappa shape index (κ3) is 5.52. The molecule has 2 nitrogen and oxygen atoms in total. The number of hydrogen-bond acceptors (Lipinski definition) is 2. The van der Waals surface area contributed by atoms with Crippen LogP contribution in [0.4, 0.5) is 0 Å². The lowest BCUT2D eigenvalue weighted by atomic mass is 9.87. The molecule has 0 unspecified atom stereocenters. The smallest absolute Gasteiger partial charge is 0.0208 e. The third-order valence-corrected chi connectivity index (χ3v) is 4.11. The molecule has 2 rings (SSSR count). The van der Waals surface area contributed by atoms with E-state index >= 15 is 0 Å². The van der Waals surface area contributed by atoms with Crippen molar-refractivity contribution >= 4 is 12.4 Å². The highest BCUT2D eigenvalue weighted by molar-refractivity contribution is 5.85. The van der Waals surface area contributed by atoms with E-state index in [1.807, 2.05) is 0 Å². The van der Waals surface area contributed by atoms with Crippen molar-refractivity contribution in [3.05, 3.63) is 35.4 Å². The number of halogens is 1.